The van der Waals surface area contributed by atoms with Crippen molar-refractivity contribution in [3.8, 4) is 0 Å². The molecule has 4 fully saturated rings. The molecular formula is C27H43BN6O4. The second kappa shape index (κ2) is 11.2. The van der Waals surface area contributed by atoms with E-state index in [0.717, 1.165) is 18.4 Å². The van der Waals surface area contributed by atoms with Crippen molar-refractivity contribution in [2.75, 3.05) is 6.54 Å². The van der Waals surface area contributed by atoms with Crippen molar-refractivity contribution in [3.63, 3.8) is 0 Å². The summed E-state index contributed by atoms with van der Waals surface area (Å²) >= 11 is 0. The summed E-state index contributed by atoms with van der Waals surface area (Å²) in [5.41, 5.74) is 17.5. The lowest BCUT2D eigenvalue weighted by Crippen LogP contribution is -2.65. The van der Waals surface area contributed by atoms with Gasteiger partial charge in [-0.1, -0.05) is 44.2 Å². The molecule has 10 nitrogen and oxygen atoms in total. The summed E-state index contributed by atoms with van der Waals surface area (Å²) in [7, 11) is -0.607. The van der Waals surface area contributed by atoms with Gasteiger partial charge in [-0.2, -0.15) is 0 Å². The molecule has 1 aromatic rings. The van der Waals surface area contributed by atoms with Gasteiger partial charge in [0, 0.05) is 13.0 Å². The van der Waals surface area contributed by atoms with E-state index >= 15 is 0 Å². The topological polar surface area (TPSA) is 167 Å². The number of benzene rings is 1. The van der Waals surface area contributed by atoms with E-state index in [9.17, 15) is 9.59 Å². The number of guanidine groups is 1. The van der Waals surface area contributed by atoms with E-state index in [0.29, 0.717) is 37.6 Å². The molecule has 0 spiro atoms. The summed E-state index contributed by atoms with van der Waals surface area (Å²) < 4.78 is 13.2. The Bertz CT molecular complexity index is 1030. The zero-order chi connectivity index (χ0) is 27.7. The second-order valence-corrected chi connectivity index (χ2v) is 11.9. The van der Waals surface area contributed by atoms with Gasteiger partial charge in [-0.3, -0.25) is 14.6 Å². The first-order valence-corrected chi connectivity index (χ1v) is 13.7. The molecule has 2 bridgehead atoms. The predicted molar refractivity (Wildman–Crippen MR) is 148 cm³/mol. The van der Waals surface area contributed by atoms with Gasteiger partial charge in [-0.05, 0) is 62.3 Å². The molecule has 1 aliphatic heterocycles. The monoisotopic (exact) mass is 526 g/mol. The van der Waals surface area contributed by atoms with E-state index < -0.39 is 30.7 Å². The first kappa shape index (κ1) is 28.4. The van der Waals surface area contributed by atoms with Crippen molar-refractivity contribution >= 4 is 24.9 Å². The Hall–Kier alpha value is -2.63. The largest absolute Gasteiger partial charge is 0.481 e. The summed E-state index contributed by atoms with van der Waals surface area (Å²) in [6, 6.07) is 8.02. The van der Waals surface area contributed by atoms with Crippen molar-refractivity contribution < 1.29 is 18.9 Å². The molecule has 0 radical (unpaired) electrons. The maximum Gasteiger partial charge on any atom is 0.481 e. The highest BCUT2D eigenvalue weighted by Gasteiger charge is 2.68. The molecular weight excluding hydrogens is 483 g/mol. The minimum atomic E-state index is -0.804. The van der Waals surface area contributed by atoms with Crippen LogP contribution in [0.3, 0.4) is 0 Å². The third kappa shape index (κ3) is 5.84. The SMILES string of the molecule is C[C@H](N)C(=O)N[C@@H](Cc1ccccc1)C(=O)N[C@@H](CCCN=C(N)N)B1OC2C[C@@H]3C[C@@H](C3(C)C)[C@]2(C)O1. The Morgan fingerprint density at radius 2 is 1.84 bits per heavy atom. The maximum atomic E-state index is 13.6. The highest BCUT2D eigenvalue weighted by atomic mass is 16.7. The van der Waals surface area contributed by atoms with Crippen molar-refractivity contribution in [2.24, 2.45) is 39.4 Å². The molecule has 3 aliphatic carbocycles. The smallest absolute Gasteiger partial charge is 0.404 e. The van der Waals surface area contributed by atoms with Crippen LogP contribution in [0.2, 0.25) is 0 Å². The fraction of sp³-hybridized carbons (Fsp3) is 0.667. The standard InChI is InChI=1S/C27H43BN6O4/c1-16(29)23(35)33-19(13-17-9-6-5-7-10-17)24(36)34-22(11-8-12-32-25(30)31)28-37-21-15-18-14-20(26(18,2)3)27(21,4)38-28/h5-7,9-10,16,18-22H,8,11-15,29H2,1-4H3,(H,33,35)(H,34,36)(H4,30,31,32)/t16-,18-,19-,20-,21?,22-,27-/m0/s1. The molecule has 1 heterocycles. The van der Waals surface area contributed by atoms with Crippen LogP contribution in [0.25, 0.3) is 0 Å². The van der Waals surface area contributed by atoms with Crippen molar-refractivity contribution in [1.29, 1.82) is 0 Å². The van der Waals surface area contributed by atoms with E-state index in [-0.39, 0.29) is 29.3 Å². The number of rotatable bonds is 11. The van der Waals surface area contributed by atoms with Gasteiger partial charge in [0.15, 0.2) is 5.96 Å². The lowest BCUT2D eigenvalue weighted by atomic mass is 9.43. The Labute approximate surface area is 226 Å². The highest BCUT2D eigenvalue weighted by Crippen LogP contribution is 2.65. The zero-order valence-corrected chi connectivity index (χ0v) is 23.0. The number of amides is 2. The van der Waals surface area contributed by atoms with Crippen LogP contribution in [0.1, 0.15) is 58.9 Å². The van der Waals surface area contributed by atoms with Crippen LogP contribution in [-0.2, 0) is 25.3 Å². The molecule has 1 unspecified atom stereocenters. The normalized spacial score (nSPS) is 29.3. The molecule has 5 rings (SSSR count). The zero-order valence-electron chi connectivity index (χ0n) is 23.0. The Balaban J connectivity index is 1.51. The van der Waals surface area contributed by atoms with Gasteiger partial charge in [0.05, 0.1) is 23.7 Å². The highest BCUT2D eigenvalue weighted by molar-refractivity contribution is 6.47. The molecule has 11 heteroatoms. The fourth-order valence-electron chi connectivity index (χ4n) is 6.51. The van der Waals surface area contributed by atoms with Crippen LogP contribution in [0.15, 0.2) is 35.3 Å². The van der Waals surface area contributed by atoms with E-state index in [1.54, 1.807) is 6.92 Å². The number of aliphatic imine (C=N–C) groups is 1. The van der Waals surface area contributed by atoms with Gasteiger partial charge in [0.2, 0.25) is 11.8 Å². The van der Waals surface area contributed by atoms with E-state index in [4.69, 9.17) is 26.5 Å². The van der Waals surface area contributed by atoms with Crippen molar-refractivity contribution in [1.82, 2.24) is 10.6 Å². The summed E-state index contributed by atoms with van der Waals surface area (Å²) in [6.45, 7) is 8.80. The molecule has 38 heavy (non-hydrogen) atoms. The van der Waals surface area contributed by atoms with Gasteiger partial charge in [-0.25, -0.2) is 0 Å². The Morgan fingerprint density at radius 1 is 1.13 bits per heavy atom. The molecule has 208 valence electrons. The second-order valence-electron chi connectivity index (χ2n) is 11.9. The van der Waals surface area contributed by atoms with Crippen LogP contribution in [0.5, 0.6) is 0 Å². The molecule has 2 amide bonds. The summed E-state index contributed by atoms with van der Waals surface area (Å²) in [6.07, 6.45) is 3.58. The van der Waals surface area contributed by atoms with Gasteiger partial charge < -0.3 is 37.1 Å². The van der Waals surface area contributed by atoms with Crippen molar-refractivity contribution in [2.45, 2.75) is 89.5 Å². The molecule has 0 aromatic heterocycles. The van der Waals surface area contributed by atoms with Gasteiger partial charge >= 0.3 is 7.12 Å². The number of hydrogen-bond donors (Lipinski definition) is 5. The molecule has 4 aliphatic rings. The lowest BCUT2D eigenvalue weighted by molar-refractivity contribution is -0.199. The van der Waals surface area contributed by atoms with Crippen LogP contribution in [0.4, 0.5) is 0 Å². The average molecular weight is 526 g/mol. The maximum absolute atomic E-state index is 13.6. The van der Waals surface area contributed by atoms with Crippen LogP contribution < -0.4 is 27.8 Å². The van der Waals surface area contributed by atoms with Gasteiger partial charge in [-0.15, -0.1) is 0 Å². The van der Waals surface area contributed by atoms with Crippen LogP contribution in [-0.4, -0.2) is 61.2 Å². The Morgan fingerprint density at radius 3 is 2.47 bits per heavy atom. The van der Waals surface area contributed by atoms with Crippen LogP contribution in [0, 0.1) is 17.3 Å². The number of carbonyl (C=O) groups excluding carboxylic acids is 2. The Kier molecular flexibility index (Phi) is 8.39. The average Bonchev–Trinajstić information content (AvgIpc) is 3.22. The first-order valence-electron chi connectivity index (χ1n) is 13.7. The molecule has 7 atom stereocenters. The lowest BCUT2D eigenvalue weighted by Gasteiger charge is -2.64. The van der Waals surface area contributed by atoms with E-state index in [2.05, 4.69) is 36.4 Å². The van der Waals surface area contributed by atoms with E-state index in [1.807, 2.05) is 30.3 Å². The third-order valence-electron chi connectivity index (χ3n) is 8.92. The molecule has 1 aromatic carbocycles. The third-order valence-corrected chi connectivity index (χ3v) is 8.92. The summed E-state index contributed by atoms with van der Waals surface area (Å²) in [5, 5.41) is 5.94. The number of nitrogens with zero attached hydrogens (tertiary/aromatic N) is 1. The predicted octanol–water partition coefficient (Wildman–Crippen LogP) is 0.867. The molecule has 8 N–H and O–H groups in total. The number of hydrogen-bond acceptors (Lipinski definition) is 6. The van der Waals surface area contributed by atoms with Crippen LogP contribution >= 0.6 is 0 Å². The number of nitrogens with two attached hydrogens (primary N) is 3. The van der Waals surface area contributed by atoms with Crippen molar-refractivity contribution in [3.05, 3.63) is 35.9 Å². The number of carbonyl (C=O) groups is 2. The summed E-state index contributed by atoms with van der Waals surface area (Å²) in [5.74, 6) is -0.0961. The minimum absolute atomic E-state index is 0.0145. The summed E-state index contributed by atoms with van der Waals surface area (Å²) in [4.78, 5) is 30.2. The molecule has 1 saturated heterocycles. The minimum Gasteiger partial charge on any atom is -0.404 e. The van der Waals surface area contributed by atoms with E-state index in [1.165, 1.54) is 0 Å². The molecule has 3 saturated carbocycles. The fourth-order valence-corrected chi connectivity index (χ4v) is 6.51. The van der Waals surface area contributed by atoms with Gasteiger partial charge in [0.1, 0.15) is 6.04 Å². The quantitative estimate of drug-likeness (QED) is 0.123. The first-order chi connectivity index (χ1) is 17.9. The van der Waals surface area contributed by atoms with Gasteiger partial charge in [0.25, 0.3) is 0 Å². The number of nitrogens with one attached hydrogen (secondary N) is 2.